The van der Waals surface area contributed by atoms with Gasteiger partial charge in [-0.3, -0.25) is 9.59 Å². The fourth-order valence-electron chi connectivity index (χ4n) is 1.95. The Morgan fingerprint density at radius 3 is 2.35 bits per heavy atom. The molecule has 1 rings (SSSR count). The van der Waals surface area contributed by atoms with E-state index in [1.807, 2.05) is 20.8 Å². The number of halogens is 1. The van der Waals surface area contributed by atoms with E-state index in [1.54, 1.807) is 29.2 Å². The van der Waals surface area contributed by atoms with Crippen LogP contribution in [0.1, 0.15) is 34.1 Å². The molecule has 0 aliphatic rings. The molecule has 0 radical (unpaired) electrons. The van der Waals surface area contributed by atoms with Crippen LogP contribution >= 0.6 is 11.6 Å². The normalized spacial score (nSPS) is 11.1. The molecule has 2 amide bonds. The summed E-state index contributed by atoms with van der Waals surface area (Å²) in [7, 11) is 0. The topological polar surface area (TPSA) is 49.4 Å². The first-order chi connectivity index (χ1) is 9.21. The first-order valence-corrected chi connectivity index (χ1v) is 6.92. The highest BCUT2D eigenvalue weighted by Gasteiger charge is 2.24. The highest BCUT2D eigenvalue weighted by Crippen LogP contribution is 2.21. The Hall–Kier alpha value is -1.55. The summed E-state index contributed by atoms with van der Waals surface area (Å²) in [6.45, 7) is 7.73. The predicted molar refractivity (Wildman–Crippen MR) is 81.8 cm³/mol. The van der Waals surface area contributed by atoms with Crippen LogP contribution < -0.4 is 5.32 Å². The van der Waals surface area contributed by atoms with Crippen LogP contribution in [0.4, 0.5) is 5.69 Å². The van der Waals surface area contributed by atoms with Gasteiger partial charge in [-0.1, -0.05) is 23.7 Å². The van der Waals surface area contributed by atoms with Crippen LogP contribution in [-0.2, 0) is 9.59 Å². The zero-order valence-electron chi connectivity index (χ0n) is 12.4. The molecule has 0 saturated heterocycles. The third kappa shape index (κ3) is 4.85. The van der Waals surface area contributed by atoms with E-state index < -0.39 is 0 Å². The fourth-order valence-corrected chi connectivity index (χ4v) is 2.14. The third-order valence-electron chi connectivity index (χ3n) is 2.90. The van der Waals surface area contributed by atoms with Crippen molar-refractivity contribution in [2.75, 3.05) is 11.9 Å². The maximum Gasteiger partial charge on any atom is 0.226 e. The molecule has 0 aromatic heterocycles. The maximum atomic E-state index is 11.9. The second-order valence-corrected chi connectivity index (χ2v) is 6.03. The van der Waals surface area contributed by atoms with Gasteiger partial charge >= 0.3 is 0 Å². The summed E-state index contributed by atoms with van der Waals surface area (Å²) in [5, 5.41) is 3.25. The summed E-state index contributed by atoms with van der Waals surface area (Å²) >= 11 is 5.97. The van der Waals surface area contributed by atoms with Crippen molar-refractivity contribution in [1.29, 1.82) is 0 Å². The van der Waals surface area contributed by atoms with Gasteiger partial charge < -0.3 is 10.2 Å². The Morgan fingerprint density at radius 1 is 1.25 bits per heavy atom. The molecule has 0 atom stereocenters. The summed E-state index contributed by atoms with van der Waals surface area (Å²) < 4.78 is 0. The predicted octanol–water partition coefficient (Wildman–Crippen LogP) is 3.32. The number of rotatable bonds is 4. The van der Waals surface area contributed by atoms with Gasteiger partial charge in [0.05, 0.1) is 10.7 Å². The molecule has 20 heavy (non-hydrogen) atoms. The van der Waals surface area contributed by atoms with Gasteiger partial charge in [-0.2, -0.15) is 0 Å². The van der Waals surface area contributed by atoms with E-state index in [9.17, 15) is 9.59 Å². The van der Waals surface area contributed by atoms with E-state index >= 15 is 0 Å². The molecule has 1 aromatic rings. The molecule has 4 nitrogen and oxygen atoms in total. The Kier molecular flexibility index (Phi) is 5.57. The van der Waals surface area contributed by atoms with E-state index in [1.165, 1.54) is 6.92 Å². The molecule has 5 heteroatoms. The number of carbonyl (C=O) groups excluding carboxylic acids is 2. The van der Waals surface area contributed by atoms with Crippen molar-refractivity contribution in [2.45, 2.75) is 39.7 Å². The van der Waals surface area contributed by atoms with E-state index in [0.29, 0.717) is 17.3 Å². The summed E-state index contributed by atoms with van der Waals surface area (Å²) in [5.41, 5.74) is 0.292. The monoisotopic (exact) mass is 296 g/mol. The third-order valence-corrected chi connectivity index (χ3v) is 3.23. The SMILES string of the molecule is CC(=O)N(CCC(=O)Nc1ccccc1Cl)C(C)(C)C. The molecule has 110 valence electrons. The van der Waals surface area contributed by atoms with E-state index in [2.05, 4.69) is 5.32 Å². The van der Waals surface area contributed by atoms with Crippen LogP contribution in [0.5, 0.6) is 0 Å². The maximum absolute atomic E-state index is 11.9. The van der Waals surface area contributed by atoms with Crippen molar-refractivity contribution < 1.29 is 9.59 Å². The zero-order chi connectivity index (χ0) is 15.3. The van der Waals surface area contributed by atoms with Crippen molar-refractivity contribution in [3.05, 3.63) is 29.3 Å². The second kappa shape index (κ2) is 6.75. The summed E-state index contributed by atoms with van der Waals surface area (Å²) in [6.07, 6.45) is 0.238. The van der Waals surface area contributed by atoms with Gasteiger partial charge in [0.2, 0.25) is 11.8 Å². The van der Waals surface area contributed by atoms with Gasteiger partial charge in [0, 0.05) is 25.4 Å². The van der Waals surface area contributed by atoms with Crippen LogP contribution in [0.3, 0.4) is 0 Å². The molecule has 0 spiro atoms. The van der Waals surface area contributed by atoms with Crippen molar-refractivity contribution in [3.63, 3.8) is 0 Å². The van der Waals surface area contributed by atoms with Gasteiger partial charge in [0.1, 0.15) is 0 Å². The first kappa shape index (κ1) is 16.5. The number of anilines is 1. The quantitative estimate of drug-likeness (QED) is 0.926. The van der Waals surface area contributed by atoms with Crippen LogP contribution in [0.2, 0.25) is 5.02 Å². The minimum absolute atomic E-state index is 0.0388. The van der Waals surface area contributed by atoms with E-state index in [4.69, 9.17) is 11.6 Å². The second-order valence-electron chi connectivity index (χ2n) is 5.62. The highest BCUT2D eigenvalue weighted by atomic mass is 35.5. The Morgan fingerprint density at radius 2 is 1.85 bits per heavy atom. The average molecular weight is 297 g/mol. The molecule has 0 aliphatic carbocycles. The van der Waals surface area contributed by atoms with Gasteiger partial charge in [0.15, 0.2) is 0 Å². The Labute approximate surface area is 125 Å². The van der Waals surface area contributed by atoms with Crippen LogP contribution in [0.25, 0.3) is 0 Å². The Bertz CT molecular complexity index is 495. The van der Waals surface area contributed by atoms with Crippen LogP contribution in [0.15, 0.2) is 24.3 Å². The largest absolute Gasteiger partial charge is 0.338 e. The van der Waals surface area contributed by atoms with E-state index in [-0.39, 0.29) is 23.8 Å². The van der Waals surface area contributed by atoms with Crippen LogP contribution in [0, 0.1) is 0 Å². The lowest BCUT2D eigenvalue weighted by Gasteiger charge is -2.34. The molecule has 0 bridgehead atoms. The Balaban J connectivity index is 2.59. The molecule has 0 unspecified atom stereocenters. The molecule has 0 aliphatic heterocycles. The molecule has 1 aromatic carbocycles. The lowest BCUT2D eigenvalue weighted by atomic mass is 10.1. The minimum Gasteiger partial charge on any atom is -0.338 e. The van der Waals surface area contributed by atoms with Crippen LogP contribution in [-0.4, -0.2) is 28.8 Å². The smallest absolute Gasteiger partial charge is 0.226 e. The molecular weight excluding hydrogens is 276 g/mol. The van der Waals surface area contributed by atoms with Crippen molar-refractivity contribution in [1.82, 2.24) is 4.90 Å². The number of para-hydroxylation sites is 1. The zero-order valence-corrected chi connectivity index (χ0v) is 13.1. The van der Waals surface area contributed by atoms with Gasteiger partial charge in [-0.05, 0) is 32.9 Å². The fraction of sp³-hybridized carbons (Fsp3) is 0.467. The number of amides is 2. The van der Waals surface area contributed by atoms with Gasteiger partial charge in [0.25, 0.3) is 0 Å². The molecule has 0 saturated carbocycles. The van der Waals surface area contributed by atoms with Gasteiger partial charge in [-0.15, -0.1) is 0 Å². The van der Waals surface area contributed by atoms with E-state index in [0.717, 1.165) is 0 Å². The molecule has 1 N–H and O–H groups in total. The number of nitrogens with one attached hydrogen (secondary N) is 1. The standard InChI is InChI=1S/C15H21ClN2O2/c1-11(19)18(15(2,3)4)10-9-14(20)17-13-8-6-5-7-12(13)16/h5-8H,9-10H2,1-4H3,(H,17,20). The molecule has 0 heterocycles. The van der Waals surface area contributed by atoms with Crippen molar-refractivity contribution in [2.24, 2.45) is 0 Å². The van der Waals surface area contributed by atoms with Crippen molar-refractivity contribution in [3.8, 4) is 0 Å². The minimum atomic E-state index is -0.295. The lowest BCUT2D eigenvalue weighted by Crippen LogP contribution is -2.45. The summed E-state index contributed by atoms with van der Waals surface area (Å²) in [5.74, 6) is -0.198. The summed E-state index contributed by atoms with van der Waals surface area (Å²) in [4.78, 5) is 25.2. The number of carbonyl (C=O) groups is 2. The number of hydrogen-bond donors (Lipinski definition) is 1. The van der Waals surface area contributed by atoms with Gasteiger partial charge in [-0.25, -0.2) is 0 Å². The number of nitrogens with zero attached hydrogens (tertiary/aromatic N) is 1. The molecular formula is C15H21ClN2O2. The number of benzene rings is 1. The summed E-state index contributed by atoms with van der Waals surface area (Å²) in [6, 6.07) is 7.06. The average Bonchev–Trinajstić information content (AvgIpc) is 2.30. The first-order valence-electron chi connectivity index (χ1n) is 6.54. The lowest BCUT2D eigenvalue weighted by molar-refractivity contribution is -0.134. The number of hydrogen-bond acceptors (Lipinski definition) is 2. The molecule has 0 fully saturated rings. The van der Waals surface area contributed by atoms with Crippen molar-refractivity contribution >= 4 is 29.1 Å². The highest BCUT2D eigenvalue weighted by molar-refractivity contribution is 6.33.